The molecule has 31 heavy (non-hydrogen) atoms. The maximum absolute atomic E-state index is 13.1. The highest BCUT2D eigenvalue weighted by Crippen LogP contribution is 2.28. The summed E-state index contributed by atoms with van der Waals surface area (Å²) in [5.41, 5.74) is 1.37. The van der Waals surface area contributed by atoms with Gasteiger partial charge in [-0.1, -0.05) is 57.5 Å². The van der Waals surface area contributed by atoms with Crippen LogP contribution in [-0.2, 0) is 16.1 Å². The minimum Gasteiger partial charge on any atom is -0.351 e. The van der Waals surface area contributed by atoms with E-state index in [9.17, 15) is 9.59 Å². The Morgan fingerprint density at radius 1 is 1.03 bits per heavy atom. The summed E-state index contributed by atoms with van der Waals surface area (Å²) in [7, 11) is 0. The third kappa shape index (κ3) is 7.06. The number of carbonyl (C=O) groups excluding carboxylic acids is 2. The monoisotopic (exact) mass is 428 g/mol. The SMILES string of the molecule is CC[C@@H](C)[C@H](NC(=O)C1CCC(C)CC1)C(=O)NC1CC[NH+](Cc2ccccc2)CC1. The average molecular weight is 429 g/mol. The van der Waals surface area contributed by atoms with Crippen LogP contribution in [0.1, 0.15) is 71.3 Å². The summed E-state index contributed by atoms with van der Waals surface area (Å²) in [6, 6.07) is 10.4. The summed E-state index contributed by atoms with van der Waals surface area (Å²) < 4.78 is 0. The average Bonchev–Trinajstić information content (AvgIpc) is 2.79. The highest BCUT2D eigenvalue weighted by molar-refractivity contribution is 5.88. The van der Waals surface area contributed by atoms with Gasteiger partial charge in [-0.3, -0.25) is 9.59 Å². The first kappa shape index (κ1) is 23.8. The molecule has 1 aromatic carbocycles. The molecule has 2 amide bonds. The minimum atomic E-state index is -0.424. The van der Waals surface area contributed by atoms with Gasteiger partial charge in [0, 0.05) is 30.4 Å². The molecular formula is C26H42N3O2+. The number of hydrogen-bond acceptors (Lipinski definition) is 2. The second-order valence-corrected chi connectivity index (χ2v) is 10.0. The number of likely N-dealkylation sites (tertiary alicyclic amines) is 1. The Bertz CT molecular complexity index is 692. The van der Waals surface area contributed by atoms with E-state index in [1.165, 1.54) is 5.56 Å². The first-order valence-electron chi connectivity index (χ1n) is 12.4. The third-order valence-electron chi connectivity index (χ3n) is 7.52. The van der Waals surface area contributed by atoms with Crippen molar-refractivity contribution < 1.29 is 14.5 Å². The van der Waals surface area contributed by atoms with Crippen LogP contribution in [0, 0.1) is 17.8 Å². The van der Waals surface area contributed by atoms with Gasteiger partial charge < -0.3 is 15.5 Å². The predicted molar refractivity (Wildman–Crippen MR) is 125 cm³/mol. The van der Waals surface area contributed by atoms with Gasteiger partial charge in [0.1, 0.15) is 12.6 Å². The smallest absolute Gasteiger partial charge is 0.243 e. The molecule has 1 saturated heterocycles. The number of hydrogen-bond donors (Lipinski definition) is 3. The molecule has 0 bridgehead atoms. The quantitative estimate of drug-likeness (QED) is 0.596. The van der Waals surface area contributed by atoms with Crippen molar-refractivity contribution in [1.29, 1.82) is 0 Å². The van der Waals surface area contributed by atoms with E-state index in [1.807, 2.05) is 0 Å². The lowest BCUT2D eigenvalue weighted by molar-refractivity contribution is -0.918. The fourth-order valence-electron chi connectivity index (χ4n) is 5.02. The predicted octanol–water partition coefficient (Wildman–Crippen LogP) is 2.71. The van der Waals surface area contributed by atoms with Gasteiger partial charge in [0.25, 0.3) is 0 Å². The van der Waals surface area contributed by atoms with Crippen molar-refractivity contribution in [2.45, 2.75) is 84.3 Å². The molecule has 2 atom stereocenters. The van der Waals surface area contributed by atoms with Gasteiger partial charge in [0.2, 0.25) is 11.8 Å². The zero-order chi connectivity index (χ0) is 22.2. The Morgan fingerprint density at radius 3 is 2.29 bits per heavy atom. The molecule has 1 aliphatic carbocycles. The molecule has 1 heterocycles. The lowest BCUT2D eigenvalue weighted by Crippen LogP contribution is -3.12. The van der Waals surface area contributed by atoms with Crippen LogP contribution in [0.2, 0.25) is 0 Å². The fraction of sp³-hybridized carbons (Fsp3) is 0.692. The lowest BCUT2D eigenvalue weighted by Gasteiger charge is -2.33. The third-order valence-corrected chi connectivity index (χ3v) is 7.52. The molecule has 1 aromatic rings. The maximum atomic E-state index is 13.1. The van der Waals surface area contributed by atoms with Crippen LogP contribution >= 0.6 is 0 Å². The topological polar surface area (TPSA) is 62.6 Å². The molecule has 2 fully saturated rings. The van der Waals surface area contributed by atoms with E-state index in [4.69, 9.17) is 0 Å². The van der Waals surface area contributed by atoms with Crippen LogP contribution in [-0.4, -0.2) is 37.0 Å². The summed E-state index contributed by atoms with van der Waals surface area (Å²) in [6.07, 6.45) is 6.99. The number of quaternary nitrogens is 1. The van der Waals surface area contributed by atoms with Crippen molar-refractivity contribution >= 4 is 11.8 Å². The van der Waals surface area contributed by atoms with Gasteiger partial charge in [0.15, 0.2) is 0 Å². The summed E-state index contributed by atoms with van der Waals surface area (Å²) in [6.45, 7) is 9.61. The fourth-order valence-corrected chi connectivity index (χ4v) is 5.02. The van der Waals surface area contributed by atoms with Crippen LogP contribution in [0.25, 0.3) is 0 Å². The molecule has 172 valence electrons. The van der Waals surface area contributed by atoms with E-state index in [0.717, 1.165) is 64.6 Å². The Kier molecular flexibility index (Phi) is 8.94. The van der Waals surface area contributed by atoms with Crippen LogP contribution in [0.4, 0.5) is 0 Å². The van der Waals surface area contributed by atoms with Gasteiger partial charge in [-0.05, 0) is 37.5 Å². The van der Waals surface area contributed by atoms with Crippen molar-refractivity contribution in [3.63, 3.8) is 0 Å². The summed E-state index contributed by atoms with van der Waals surface area (Å²) >= 11 is 0. The first-order valence-corrected chi connectivity index (χ1v) is 12.4. The van der Waals surface area contributed by atoms with Crippen molar-refractivity contribution in [2.75, 3.05) is 13.1 Å². The van der Waals surface area contributed by atoms with Crippen molar-refractivity contribution in [3.05, 3.63) is 35.9 Å². The van der Waals surface area contributed by atoms with E-state index in [1.54, 1.807) is 4.90 Å². The van der Waals surface area contributed by atoms with Gasteiger partial charge in [-0.15, -0.1) is 0 Å². The van der Waals surface area contributed by atoms with E-state index < -0.39 is 6.04 Å². The minimum absolute atomic E-state index is 0.00314. The molecule has 2 aliphatic rings. The van der Waals surface area contributed by atoms with Crippen LogP contribution in [0.15, 0.2) is 30.3 Å². The summed E-state index contributed by atoms with van der Waals surface area (Å²) in [4.78, 5) is 27.6. The van der Waals surface area contributed by atoms with E-state index in [-0.39, 0.29) is 29.7 Å². The van der Waals surface area contributed by atoms with Gasteiger partial charge in [-0.2, -0.15) is 0 Å². The van der Waals surface area contributed by atoms with E-state index in [2.05, 4.69) is 61.7 Å². The van der Waals surface area contributed by atoms with Crippen molar-refractivity contribution in [1.82, 2.24) is 10.6 Å². The molecule has 3 rings (SSSR count). The number of benzene rings is 1. The van der Waals surface area contributed by atoms with E-state index >= 15 is 0 Å². The largest absolute Gasteiger partial charge is 0.351 e. The van der Waals surface area contributed by atoms with Gasteiger partial charge in [0.05, 0.1) is 13.1 Å². The first-order chi connectivity index (χ1) is 15.0. The van der Waals surface area contributed by atoms with Crippen molar-refractivity contribution in [2.24, 2.45) is 17.8 Å². The molecule has 5 heteroatoms. The normalized spacial score (nSPS) is 28.4. The Hall–Kier alpha value is -1.88. The van der Waals surface area contributed by atoms with Gasteiger partial charge >= 0.3 is 0 Å². The second kappa shape index (κ2) is 11.7. The zero-order valence-corrected chi connectivity index (χ0v) is 19.7. The highest BCUT2D eigenvalue weighted by Gasteiger charge is 2.32. The molecule has 5 nitrogen and oxygen atoms in total. The lowest BCUT2D eigenvalue weighted by atomic mass is 9.82. The molecular weight excluding hydrogens is 386 g/mol. The molecule has 0 unspecified atom stereocenters. The number of amides is 2. The molecule has 0 spiro atoms. The summed E-state index contributed by atoms with van der Waals surface area (Å²) in [5.74, 6) is 1.00. The molecule has 1 aliphatic heterocycles. The zero-order valence-electron chi connectivity index (χ0n) is 19.7. The molecule has 3 N–H and O–H groups in total. The Morgan fingerprint density at radius 2 is 1.68 bits per heavy atom. The second-order valence-electron chi connectivity index (χ2n) is 10.0. The van der Waals surface area contributed by atoms with Gasteiger partial charge in [-0.25, -0.2) is 0 Å². The highest BCUT2D eigenvalue weighted by atomic mass is 16.2. The molecule has 0 radical (unpaired) electrons. The number of nitrogens with one attached hydrogen (secondary N) is 3. The maximum Gasteiger partial charge on any atom is 0.243 e. The van der Waals surface area contributed by atoms with Crippen LogP contribution in [0.3, 0.4) is 0 Å². The number of rotatable bonds is 8. The molecule has 1 saturated carbocycles. The number of carbonyl (C=O) groups is 2. The Balaban J connectivity index is 1.48. The number of piperidine rings is 1. The van der Waals surface area contributed by atoms with Crippen molar-refractivity contribution in [3.8, 4) is 0 Å². The van der Waals surface area contributed by atoms with Crippen LogP contribution < -0.4 is 15.5 Å². The molecule has 0 aromatic heterocycles. The van der Waals surface area contributed by atoms with Crippen LogP contribution in [0.5, 0.6) is 0 Å². The summed E-state index contributed by atoms with van der Waals surface area (Å²) in [5, 5.41) is 6.39. The van der Waals surface area contributed by atoms with E-state index in [0.29, 0.717) is 5.92 Å². The standard InChI is InChI=1S/C26H41N3O2/c1-4-20(3)24(28-25(30)22-12-10-19(2)11-13-22)26(31)27-23-14-16-29(17-15-23)18-21-8-6-5-7-9-21/h5-9,19-20,22-24H,4,10-18H2,1-3H3,(H,27,31)(H,28,30)/p+1/t19?,20-,22?,24+/m1/s1. The Labute approximate surface area is 188 Å².